The summed E-state index contributed by atoms with van der Waals surface area (Å²) in [7, 11) is 2.17. The predicted octanol–water partition coefficient (Wildman–Crippen LogP) is 1.81. The molecule has 0 aliphatic carbocycles. The summed E-state index contributed by atoms with van der Waals surface area (Å²) in [4.78, 5) is 22.4. The van der Waals surface area contributed by atoms with E-state index < -0.39 is 5.97 Å². The van der Waals surface area contributed by atoms with E-state index in [1.165, 1.54) is 25.6 Å². The van der Waals surface area contributed by atoms with Crippen molar-refractivity contribution in [2.75, 3.05) is 31.7 Å². The van der Waals surface area contributed by atoms with Crippen LogP contribution >= 0.6 is 11.8 Å². The molecule has 6 nitrogen and oxygen atoms in total. The van der Waals surface area contributed by atoms with Crippen LogP contribution in [0.1, 0.15) is 36.5 Å². The lowest BCUT2D eigenvalue weighted by molar-refractivity contribution is 0.0526. The molecule has 0 aromatic carbocycles. The standard InChI is InChI=1S/C14H22N4O2S/c1-3-20-13(19)11-9-16-14(17-12(11)15)21-8-6-10-5-4-7-18(10)2/h9-10H,3-8H2,1-2H3,(H2,15,16,17). The third-order valence-corrected chi connectivity index (χ3v) is 4.54. The topological polar surface area (TPSA) is 81.3 Å². The zero-order valence-corrected chi connectivity index (χ0v) is 13.4. The van der Waals surface area contributed by atoms with Crippen molar-refractivity contribution in [1.29, 1.82) is 0 Å². The van der Waals surface area contributed by atoms with Crippen LogP contribution in [0, 0.1) is 0 Å². The second-order valence-electron chi connectivity index (χ2n) is 5.09. The summed E-state index contributed by atoms with van der Waals surface area (Å²) in [6.07, 6.45) is 5.11. The number of ether oxygens (including phenoxy) is 1. The summed E-state index contributed by atoms with van der Waals surface area (Å²) in [5.74, 6) is 0.663. The molecule has 1 aromatic heterocycles. The molecular formula is C14H22N4O2S. The minimum absolute atomic E-state index is 0.184. The van der Waals surface area contributed by atoms with E-state index in [0.717, 1.165) is 12.2 Å². The highest BCUT2D eigenvalue weighted by Crippen LogP contribution is 2.23. The van der Waals surface area contributed by atoms with Gasteiger partial charge in [-0.2, -0.15) is 0 Å². The first-order valence-corrected chi connectivity index (χ1v) is 8.23. The van der Waals surface area contributed by atoms with E-state index in [1.807, 2.05) is 0 Å². The number of likely N-dealkylation sites (tertiary alicyclic amines) is 1. The smallest absolute Gasteiger partial charge is 0.343 e. The van der Waals surface area contributed by atoms with E-state index in [1.54, 1.807) is 18.7 Å². The molecule has 2 N–H and O–H groups in total. The predicted molar refractivity (Wildman–Crippen MR) is 83.4 cm³/mol. The highest BCUT2D eigenvalue weighted by atomic mass is 32.2. The molecule has 0 saturated carbocycles. The van der Waals surface area contributed by atoms with Crippen molar-refractivity contribution in [3.05, 3.63) is 11.8 Å². The van der Waals surface area contributed by atoms with Gasteiger partial charge in [0.2, 0.25) is 0 Å². The minimum atomic E-state index is -0.473. The van der Waals surface area contributed by atoms with Crippen molar-refractivity contribution < 1.29 is 9.53 Å². The molecule has 1 aliphatic heterocycles. The van der Waals surface area contributed by atoms with E-state index in [2.05, 4.69) is 21.9 Å². The van der Waals surface area contributed by atoms with Crippen LogP contribution in [-0.4, -0.2) is 52.8 Å². The lowest BCUT2D eigenvalue weighted by Gasteiger charge is -2.18. The van der Waals surface area contributed by atoms with Gasteiger partial charge in [0, 0.05) is 18.0 Å². The Labute approximate surface area is 129 Å². The first-order valence-electron chi connectivity index (χ1n) is 7.24. The summed E-state index contributed by atoms with van der Waals surface area (Å²) in [5.41, 5.74) is 6.03. The maximum Gasteiger partial charge on any atom is 0.343 e. The fraction of sp³-hybridized carbons (Fsp3) is 0.643. The van der Waals surface area contributed by atoms with Crippen LogP contribution in [0.15, 0.2) is 11.4 Å². The second-order valence-corrected chi connectivity index (χ2v) is 6.15. The van der Waals surface area contributed by atoms with Gasteiger partial charge in [0.25, 0.3) is 0 Å². The van der Waals surface area contributed by atoms with Gasteiger partial charge in [0.05, 0.1) is 6.61 Å². The van der Waals surface area contributed by atoms with Gasteiger partial charge in [-0.1, -0.05) is 11.8 Å². The van der Waals surface area contributed by atoms with Crippen molar-refractivity contribution in [2.45, 2.75) is 37.4 Å². The number of nitrogen functional groups attached to an aromatic ring is 1. The van der Waals surface area contributed by atoms with Crippen LogP contribution in [0.2, 0.25) is 0 Å². The Hall–Kier alpha value is -1.34. The molecule has 2 heterocycles. The van der Waals surface area contributed by atoms with Crippen molar-refractivity contribution >= 4 is 23.5 Å². The molecule has 1 unspecified atom stereocenters. The SMILES string of the molecule is CCOC(=O)c1cnc(SCCC2CCCN2C)nc1N. The maximum atomic E-state index is 11.6. The average Bonchev–Trinajstić information content (AvgIpc) is 2.85. The number of hydrogen-bond donors (Lipinski definition) is 1. The molecule has 116 valence electrons. The third kappa shape index (κ3) is 4.31. The van der Waals surface area contributed by atoms with Crippen molar-refractivity contribution in [2.24, 2.45) is 0 Å². The monoisotopic (exact) mass is 310 g/mol. The molecule has 2 rings (SSSR count). The van der Waals surface area contributed by atoms with Crippen LogP contribution in [0.4, 0.5) is 5.82 Å². The lowest BCUT2D eigenvalue weighted by Crippen LogP contribution is -2.25. The van der Waals surface area contributed by atoms with E-state index >= 15 is 0 Å². The summed E-state index contributed by atoms with van der Waals surface area (Å²) >= 11 is 1.58. The van der Waals surface area contributed by atoms with Gasteiger partial charge in [0.15, 0.2) is 5.16 Å². The fourth-order valence-corrected chi connectivity index (χ4v) is 3.31. The zero-order valence-electron chi connectivity index (χ0n) is 12.5. The van der Waals surface area contributed by atoms with Crippen LogP contribution in [-0.2, 0) is 4.74 Å². The van der Waals surface area contributed by atoms with Gasteiger partial charge >= 0.3 is 5.97 Å². The molecule has 21 heavy (non-hydrogen) atoms. The Morgan fingerprint density at radius 2 is 2.43 bits per heavy atom. The number of thioether (sulfide) groups is 1. The van der Waals surface area contributed by atoms with Crippen LogP contribution in [0.25, 0.3) is 0 Å². The van der Waals surface area contributed by atoms with Gasteiger partial charge < -0.3 is 15.4 Å². The van der Waals surface area contributed by atoms with E-state index in [-0.39, 0.29) is 11.4 Å². The second kappa shape index (κ2) is 7.61. The molecule has 0 bridgehead atoms. The first kappa shape index (κ1) is 16.0. The number of nitrogens with two attached hydrogens (primary N) is 1. The zero-order chi connectivity index (χ0) is 15.2. The van der Waals surface area contributed by atoms with E-state index in [0.29, 0.717) is 17.8 Å². The van der Waals surface area contributed by atoms with E-state index in [4.69, 9.17) is 10.5 Å². The third-order valence-electron chi connectivity index (χ3n) is 3.65. The molecule has 7 heteroatoms. The summed E-state index contributed by atoms with van der Waals surface area (Å²) in [6, 6.07) is 0.661. The van der Waals surface area contributed by atoms with Crippen LogP contribution in [0.3, 0.4) is 0 Å². The lowest BCUT2D eigenvalue weighted by atomic mass is 10.2. The number of esters is 1. The molecule has 0 radical (unpaired) electrons. The number of carbonyl (C=O) groups excluding carboxylic acids is 1. The molecule has 1 atom stereocenters. The number of anilines is 1. The Kier molecular flexibility index (Phi) is 5.81. The Morgan fingerprint density at radius 3 is 3.05 bits per heavy atom. The number of hydrogen-bond acceptors (Lipinski definition) is 7. The van der Waals surface area contributed by atoms with Gasteiger partial charge in [-0.25, -0.2) is 14.8 Å². The molecule has 1 fully saturated rings. The molecule has 1 saturated heterocycles. The number of carbonyl (C=O) groups is 1. The number of rotatable bonds is 6. The highest BCUT2D eigenvalue weighted by molar-refractivity contribution is 7.99. The molecule has 1 aromatic rings. The van der Waals surface area contributed by atoms with Gasteiger partial charge in [-0.15, -0.1) is 0 Å². The summed E-state index contributed by atoms with van der Waals surface area (Å²) in [5, 5.41) is 0.612. The van der Waals surface area contributed by atoms with Crippen LogP contribution < -0.4 is 5.73 Å². The fourth-order valence-electron chi connectivity index (χ4n) is 2.44. The largest absolute Gasteiger partial charge is 0.462 e. The van der Waals surface area contributed by atoms with Gasteiger partial charge in [-0.3, -0.25) is 0 Å². The average molecular weight is 310 g/mol. The van der Waals surface area contributed by atoms with Gasteiger partial charge in [-0.05, 0) is 39.8 Å². The maximum absolute atomic E-state index is 11.6. The Morgan fingerprint density at radius 1 is 1.62 bits per heavy atom. The normalized spacial score (nSPS) is 18.9. The molecule has 1 aliphatic rings. The Bertz CT molecular complexity index is 498. The Balaban J connectivity index is 1.86. The quantitative estimate of drug-likeness (QED) is 0.487. The van der Waals surface area contributed by atoms with E-state index in [9.17, 15) is 4.79 Å². The molecule has 0 spiro atoms. The molecule has 0 amide bonds. The minimum Gasteiger partial charge on any atom is -0.462 e. The van der Waals surface area contributed by atoms with Crippen molar-refractivity contribution in [1.82, 2.24) is 14.9 Å². The van der Waals surface area contributed by atoms with Crippen LogP contribution in [0.5, 0.6) is 0 Å². The highest BCUT2D eigenvalue weighted by Gasteiger charge is 2.20. The number of nitrogens with zero attached hydrogens (tertiary/aromatic N) is 3. The van der Waals surface area contributed by atoms with Gasteiger partial charge in [0.1, 0.15) is 11.4 Å². The number of aromatic nitrogens is 2. The summed E-state index contributed by atoms with van der Waals surface area (Å²) in [6.45, 7) is 3.25. The summed E-state index contributed by atoms with van der Waals surface area (Å²) < 4.78 is 4.90. The van der Waals surface area contributed by atoms with Crippen molar-refractivity contribution in [3.8, 4) is 0 Å². The molecular weight excluding hydrogens is 288 g/mol. The van der Waals surface area contributed by atoms with Crippen molar-refractivity contribution in [3.63, 3.8) is 0 Å². The first-order chi connectivity index (χ1) is 10.1.